The SMILES string of the molecule is CNCc1ccc(N2CC(C)OC(C)C2)c(C(F)(F)F)c1. The second-order valence-electron chi connectivity index (χ2n) is 5.54. The van der Waals surface area contributed by atoms with Gasteiger partial charge in [-0.15, -0.1) is 0 Å². The molecule has 1 saturated heterocycles. The molecule has 6 heteroatoms. The van der Waals surface area contributed by atoms with Gasteiger partial charge in [0, 0.05) is 25.3 Å². The van der Waals surface area contributed by atoms with Crippen molar-refractivity contribution in [2.24, 2.45) is 0 Å². The van der Waals surface area contributed by atoms with Gasteiger partial charge in [0.25, 0.3) is 0 Å². The van der Waals surface area contributed by atoms with Crippen molar-refractivity contribution in [2.45, 2.75) is 38.8 Å². The van der Waals surface area contributed by atoms with Crippen LogP contribution in [-0.4, -0.2) is 32.3 Å². The Kier molecular flexibility index (Phi) is 4.78. The molecule has 1 aliphatic rings. The van der Waals surface area contributed by atoms with E-state index in [1.54, 1.807) is 24.1 Å². The number of nitrogens with zero attached hydrogens (tertiary/aromatic N) is 1. The number of benzene rings is 1. The van der Waals surface area contributed by atoms with E-state index in [1.165, 1.54) is 6.07 Å². The van der Waals surface area contributed by atoms with Crippen LogP contribution in [0.4, 0.5) is 18.9 Å². The van der Waals surface area contributed by atoms with Crippen molar-refractivity contribution >= 4 is 5.69 Å². The Labute approximate surface area is 123 Å². The first kappa shape index (κ1) is 16.1. The molecule has 2 unspecified atom stereocenters. The molecule has 1 heterocycles. The molecule has 0 spiro atoms. The van der Waals surface area contributed by atoms with Crippen LogP contribution in [0, 0.1) is 0 Å². The highest BCUT2D eigenvalue weighted by Crippen LogP contribution is 2.38. The smallest absolute Gasteiger partial charge is 0.372 e. The first-order valence-corrected chi connectivity index (χ1v) is 7.06. The molecule has 0 saturated carbocycles. The average molecular weight is 302 g/mol. The van der Waals surface area contributed by atoms with Crippen LogP contribution >= 0.6 is 0 Å². The predicted octanol–water partition coefficient (Wildman–Crippen LogP) is 3.04. The number of hydrogen-bond acceptors (Lipinski definition) is 3. The van der Waals surface area contributed by atoms with Crippen LogP contribution in [0.5, 0.6) is 0 Å². The second kappa shape index (κ2) is 6.23. The van der Waals surface area contributed by atoms with Crippen molar-refractivity contribution in [3.05, 3.63) is 29.3 Å². The normalized spacial score (nSPS) is 23.4. The van der Waals surface area contributed by atoms with Gasteiger partial charge in [0.05, 0.1) is 17.8 Å². The maximum Gasteiger partial charge on any atom is 0.418 e. The van der Waals surface area contributed by atoms with Gasteiger partial charge in [0.2, 0.25) is 0 Å². The van der Waals surface area contributed by atoms with E-state index in [2.05, 4.69) is 5.32 Å². The summed E-state index contributed by atoms with van der Waals surface area (Å²) in [5, 5.41) is 2.87. The summed E-state index contributed by atoms with van der Waals surface area (Å²) in [5.41, 5.74) is 0.295. The number of hydrogen-bond donors (Lipinski definition) is 1. The van der Waals surface area contributed by atoms with Crippen LogP contribution in [-0.2, 0) is 17.5 Å². The lowest BCUT2D eigenvalue weighted by atomic mass is 10.1. The summed E-state index contributed by atoms with van der Waals surface area (Å²) in [6.07, 6.45) is -4.51. The number of rotatable bonds is 3. The molecule has 0 aromatic heterocycles. The Morgan fingerprint density at radius 3 is 2.38 bits per heavy atom. The monoisotopic (exact) mass is 302 g/mol. The molecule has 0 amide bonds. The van der Waals surface area contributed by atoms with Crippen LogP contribution < -0.4 is 10.2 Å². The fourth-order valence-corrected chi connectivity index (χ4v) is 2.77. The zero-order valence-corrected chi connectivity index (χ0v) is 12.5. The van der Waals surface area contributed by atoms with Crippen molar-refractivity contribution in [3.8, 4) is 0 Å². The maximum absolute atomic E-state index is 13.3. The fourth-order valence-electron chi connectivity index (χ4n) is 2.77. The number of anilines is 1. The highest BCUT2D eigenvalue weighted by Gasteiger charge is 2.36. The molecular formula is C15H21F3N2O. The fraction of sp³-hybridized carbons (Fsp3) is 0.600. The standard InChI is InChI=1S/C15H21F3N2O/c1-10-8-20(9-11(2)21-10)14-5-4-12(7-19-3)6-13(14)15(16,17)18/h4-6,10-11,19H,7-9H2,1-3H3. The molecule has 1 aromatic carbocycles. The molecule has 1 aromatic rings. The third-order valence-corrected chi connectivity index (χ3v) is 3.51. The lowest BCUT2D eigenvalue weighted by molar-refractivity contribution is -0.137. The van der Waals surface area contributed by atoms with E-state index in [4.69, 9.17) is 4.74 Å². The molecule has 2 atom stereocenters. The Bertz CT molecular complexity index is 480. The van der Waals surface area contributed by atoms with Gasteiger partial charge >= 0.3 is 6.18 Å². The largest absolute Gasteiger partial charge is 0.418 e. The number of nitrogens with one attached hydrogen (secondary N) is 1. The van der Waals surface area contributed by atoms with E-state index in [0.717, 1.165) is 0 Å². The Morgan fingerprint density at radius 2 is 1.86 bits per heavy atom. The minimum Gasteiger partial charge on any atom is -0.372 e. The van der Waals surface area contributed by atoms with Gasteiger partial charge in [-0.3, -0.25) is 0 Å². The Balaban J connectivity index is 2.37. The molecule has 0 aliphatic carbocycles. The van der Waals surface area contributed by atoms with Crippen molar-refractivity contribution < 1.29 is 17.9 Å². The highest BCUT2D eigenvalue weighted by atomic mass is 19.4. The van der Waals surface area contributed by atoms with E-state index in [9.17, 15) is 13.2 Å². The lowest BCUT2D eigenvalue weighted by Gasteiger charge is -2.38. The highest BCUT2D eigenvalue weighted by molar-refractivity contribution is 5.57. The van der Waals surface area contributed by atoms with Crippen molar-refractivity contribution in [1.29, 1.82) is 0 Å². The maximum atomic E-state index is 13.3. The molecule has 0 bridgehead atoms. The van der Waals surface area contributed by atoms with Crippen LogP contribution in [0.1, 0.15) is 25.0 Å². The van der Waals surface area contributed by atoms with Crippen LogP contribution in [0.3, 0.4) is 0 Å². The van der Waals surface area contributed by atoms with Gasteiger partial charge < -0.3 is 15.0 Å². The summed E-state index contributed by atoms with van der Waals surface area (Å²) >= 11 is 0. The summed E-state index contributed by atoms with van der Waals surface area (Å²) in [5.74, 6) is 0. The van der Waals surface area contributed by atoms with Crippen LogP contribution in [0.15, 0.2) is 18.2 Å². The molecule has 0 radical (unpaired) electrons. The minimum atomic E-state index is -4.36. The average Bonchev–Trinajstić information content (AvgIpc) is 2.37. The third-order valence-electron chi connectivity index (χ3n) is 3.51. The summed E-state index contributed by atoms with van der Waals surface area (Å²) < 4.78 is 45.6. The molecule has 1 N–H and O–H groups in total. The van der Waals surface area contributed by atoms with Gasteiger partial charge in [-0.1, -0.05) is 6.07 Å². The predicted molar refractivity (Wildman–Crippen MR) is 76.4 cm³/mol. The topological polar surface area (TPSA) is 24.5 Å². The first-order valence-electron chi connectivity index (χ1n) is 7.06. The summed E-state index contributed by atoms with van der Waals surface area (Å²) in [7, 11) is 1.71. The Morgan fingerprint density at radius 1 is 1.24 bits per heavy atom. The molecule has 2 rings (SSSR count). The molecular weight excluding hydrogens is 281 g/mol. The summed E-state index contributed by atoms with van der Waals surface area (Å²) in [6.45, 7) is 5.12. The van der Waals surface area contributed by atoms with E-state index in [-0.39, 0.29) is 17.9 Å². The molecule has 1 aliphatic heterocycles. The summed E-state index contributed by atoms with van der Waals surface area (Å²) in [6, 6.07) is 4.54. The van der Waals surface area contributed by atoms with Gasteiger partial charge in [0.1, 0.15) is 0 Å². The van der Waals surface area contributed by atoms with Crippen molar-refractivity contribution in [2.75, 3.05) is 25.0 Å². The molecule has 3 nitrogen and oxygen atoms in total. The van der Waals surface area contributed by atoms with E-state index >= 15 is 0 Å². The van der Waals surface area contributed by atoms with E-state index in [1.807, 2.05) is 13.8 Å². The summed E-state index contributed by atoms with van der Waals surface area (Å²) in [4.78, 5) is 1.77. The Hall–Kier alpha value is -1.27. The molecule has 21 heavy (non-hydrogen) atoms. The third kappa shape index (κ3) is 3.89. The van der Waals surface area contributed by atoms with Crippen molar-refractivity contribution in [1.82, 2.24) is 5.32 Å². The van der Waals surface area contributed by atoms with Gasteiger partial charge in [-0.25, -0.2) is 0 Å². The number of halogens is 3. The zero-order chi connectivity index (χ0) is 15.6. The quantitative estimate of drug-likeness (QED) is 0.929. The zero-order valence-electron chi connectivity index (χ0n) is 12.5. The van der Waals surface area contributed by atoms with E-state index < -0.39 is 11.7 Å². The number of morpholine rings is 1. The van der Waals surface area contributed by atoms with Gasteiger partial charge in [-0.05, 0) is 38.6 Å². The van der Waals surface area contributed by atoms with E-state index in [0.29, 0.717) is 25.2 Å². The molecule has 118 valence electrons. The number of alkyl halides is 3. The lowest BCUT2D eigenvalue weighted by Crippen LogP contribution is -2.46. The minimum absolute atomic E-state index is 0.0770. The van der Waals surface area contributed by atoms with Crippen molar-refractivity contribution in [3.63, 3.8) is 0 Å². The van der Waals surface area contributed by atoms with Crippen LogP contribution in [0.25, 0.3) is 0 Å². The van der Waals surface area contributed by atoms with Gasteiger partial charge in [0.15, 0.2) is 0 Å². The second-order valence-corrected chi connectivity index (χ2v) is 5.54. The first-order chi connectivity index (χ1) is 9.81. The van der Waals surface area contributed by atoms with Crippen LogP contribution in [0.2, 0.25) is 0 Å². The van der Waals surface area contributed by atoms with Gasteiger partial charge in [-0.2, -0.15) is 13.2 Å². The number of ether oxygens (including phenoxy) is 1. The molecule has 1 fully saturated rings.